The molecule has 0 bridgehead atoms. The molecule has 0 spiro atoms. The number of carboxylic acid groups (broad SMARTS) is 1. The highest BCUT2D eigenvalue weighted by Crippen LogP contribution is 2.66. The molecule has 0 saturated heterocycles. The Morgan fingerprint density at radius 2 is 1.56 bits per heavy atom. The van der Waals surface area contributed by atoms with Gasteiger partial charge in [-0.15, -0.1) is 0 Å². The molecule has 1 unspecified atom stereocenters. The van der Waals surface area contributed by atoms with Gasteiger partial charge in [0.2, 0.25) is 0 Å². The number of esters is 1. The number of unbranched alkanes of at least 4 members (excludes halogenated alkanes) is 4. The van der Waals surface area contributed by atoms with Crippen LogP contribution in [0.15, 0.2) is 11.6 Å². The fourth-order valence-electron chi connectivity index (χ4n) is 10.2. The number of carbonyl (C=O) groups is 4. The zero-order valence-electron chi connectivity index (χ0n) is 29.0. The SMILES string of the molecule is CC(C)CCC[C@@H](C)[C@H]1CC[C@H]2[C@@H]3C(=O)C=C4CC(OC(=O)CCCCCCCC(=O)CCC(=O)O)CC[C@]4(C)[C@H]3CC[C@]12C. The van der Waals surface area contributed by atoms with Crippen LogP contribution in [-0.4, -0.2) is 34.7 Å². The molecule has 0 aliphatic heterocycles. The number of Topliss-reactive ketones (excluding diaryl/α,β-unsaturated/α-hetero) is 1. The van der Waals surface area contributed by atoms with Gasteiger partial charge < -0.3 is 9.84 Å². The summed E-state index contributed by atoms with van der Waals surface area (Å²) < 4.78 is 5.95. The topological polar surface area (TPSA) is 97.7 Å². The van der Waals surface area contributed by atoms with E-state index < -0.39 is 5.97 Å². The first kappa shape index (κ1) is 35.9. The fourth-order valence-corrected chi connectivity index (χ4v) is 10.2. The van der Waals surface area contributed by atoms with E-state index in [0.29, 0.717) is 36.9 Å². The quantitative estimate of drug-likeness (QED) is 0.128. The van der Waals surface area contributed by atoms with Crippen LogP contribution in [0.3, 0.4) is 0 Å². The third-order valence-electron chi connectivity index (χ3n) is 12.9. The Balaban J connectivity index is 1.23. The molecular weight excluding hydrogens is 564 g/mol. The van der Waals surface area contributed by atoms with Crippen molar-refractivity contribution in [3.63, 3.8) is 0 Å². The lowest BCUT2D eigenvalue weighted by atomic mass is 9.46. The van der Waals surface area contributed by atoms with Crippen LogP contribution in [0, 0.1) is 46.3 Å². The second-order valence-electron chi connectivity index (χ2n) is 16.3. The Bertz CT molecular complexity index is 1090. The molecule has 45 heavy (non-hydrogen) atoms. The molecule has 0 aromatic rings. The van der Waals surface area contributed by atoms with E-state index >= 15 is 0 Å². The minimum Gasteiger partial charge on any atom is -0.481 e. The number of aliphatic carboxylic acids is 1. The number of hydrogen-bond donors (Lipinski definition) is 1. The average Bonchev–Trinajstić information content (AvgIpc) is 3.33. The van der Waals surface area contributed by atoms with Crippen molar-refractivity contribution in [1.82, 2.24) is 0 Å². The van der Waals surface area contributed by atoms with E-state index in [0.717, 1.165) is 69.1 Å². The smallest absolute Gasteiger partial charge is 0.306 e. The Morgan fingerprint density at radius 3 is 2.27 bits per heavy atom. The number of ether oxygens (including phenoxy) is 1. The van der Waals surface area contributed by atoms with Gasteiger partial charge in [0.25, 0.3) is 0 Å². The minimum atomic E-state index is -0.929. The van der Waals surface area contributed by atoms with Crippen LogP contribution in [0.1, 0.15) is 157 Å². The first-order chi connectivity index (χ1) is 21.3. The molecule has 0 heterocycles. The summed E-state index contributed by atoms with van der Waals surface area (Å²) in [5.74, 6) is 2.62. The van der Waals surface area contributed by atoms with Crippen LogP contribution < -0.4 is 0 Å². The van der Waals surface area contributed by atoms with Crippen LogP contribution in [0.2, 0.25) is 0 Å². The lowest BCUT2D eigenvalue weighted by molar-refractivity contribution is -0.152. The van der Waals surface area contributed by atoms with Crippen molar-refractivity contribution in [3.8, 4) is 0 Å². The van der Waals surface area contributed by atoms with Gasteiger partial charge in [0.1, 0.15) is 11.9 Å². The third-order valence-corrected chi connectivity index (χ3v) is 12.9. The second-order valence-corrected chi connectivity index (χ2v) is 16.3. The van der Waals surface area contributed by atoms with Gasteiger partial charge >= 0.3 is 11.9 Å². The van der Waals surface area contributed by atoms with E-state index in [1.807, 2.05) is 6.08 Å². The summed E-state index contributed by atoms with van der Waals surface area (Å²) in [6.07, 6.45) is 18.5. The van der Waals surface area contributed by atoms with Gasteiger partial charge in [-0.1, -0.05) is 78.7 Å². The van der Waals surface area contributed by atoms with Crippen LogP contribution in [0.4, 0.5) is 0 Å². The third kappa shape index (κ3) is 8.69. The van der Waals surface area contributed by atoms with Crippen LogP contribution in [0.5, 0.6) is 0 Å². The fraction of sp³-hybridized carbons (Fsp3) is 0.846. The number of allylic oxidation sites excluding steroid dienone is 1. The maximum absolute atomic E-state index is 13.9. The predicted octanol–water partition coefficient (Wildman–Crippen LogP) is 9.28. The van der Waals surface area contributed by atoms with E-state index in [4.69, 9.17) is 9.84 Å². The van der Waals surface area contributed by atoms with E-state index in [-0.39, 0.29) is 47.4 Å². The van der Waals surface area contributed by atoms with Crippen LogP contribution in [-0.2, 0) is 23.9 Å². The predicted molar refractivity (Wildman–Crippen MR) is 178 cm³/mol. The Hall–Kier alpha value is -1.98. The molecule has 0 aromatic heterocycles. The van der Waals surface area contributed by atoms with Gasteiger partial charge in [-0.05, 0) is 97.9 Å². The summed E-state index contributed by atoms with van der Waals surface area (Å²) in [5, 5.41) is 8.67. The normalized spacial score (nSPS) is 33.2. The molecule has 4 aliphatic carbocycles. The maximum atomic E-state index is 13.9. The lowest BCUT2D eigenvalue weighted by Gasteiger charge is -2.57. The van der Waals surface area contributed by atoms with Crippen molar-refractivity contribution in [2.45, 2.75) is 163 Å². The van der Waals surface area contributed by atoms with Gasteiger partial charge in [-0.25, -0.2) is 0 Å². The molecule has 254 valence electrons. The average molecular weight is 627 g/mol. The molecule has 3 saturated carbocycles. The summed E-state index contributed by atoms with van der Waals surface area (Å²) in [6.45, 7) is 12.1. The van der Waals surface area contributed by atoms with E-state index in [1.54, 1.807) is 0 Å². The standard InChI is InChI=1S/C39H62O6/c1-26(2)12-11-13-27(3)31-17-18-32-37-33(21-23-39(31,32)5)38(4)22-20-30(24-28(38)25-34(37)41)45-36(44)15-10-8-6-7-9-14-29(40)16-19-35(42)43/h25-27,30-33,37H,6-24H2,1-5H3,(H,42,43)/t27-,30?,31-,32+,33+,37+,38+,39-/m1/s1. The summed E-state index contributed by atoms with van der Waals surface area (Å²) in [7, 11) is 0. The van der Waals surface area contributed by atoms with E-state index in [1.165, 1.54) is 44.1 Å². The molecule has 8 atom stereocenters. The molecule has 6 nitrogen and oxygen atoms in total. The van der Waals surface area contributed by atoms with Crippen molar-refractivity contribution in [3.05, 3.63) is 11.6 Å². The van der Waals surface area contributed by atoms with Crippen molar-refractivity contribution < 1.29 is 29.0 Å². The number of carbonyl (C=O) groups excluding carboxylic acids is 3. The molecule has 0 radical (unpaired) electrons. The van der Waals surface area contributed by atoms with E-state index in [2.05, 4.69) is 34.6 Å². The minimum absolute atomic E-state index is 0.0153. The summed E-state index contributed by atoms with van der Waals surface area (Å²) in [6, 6.07) is 0. The zero-order valence-corrected chi connectivity index (χ0v) is 29.0. The molecule has 1 N–H and O–H groups in total. The van der Waals surface area contributed by atoms with Crippen molar-refractivity contribution in [2.75, 3.05) is 0 Å². The van der Waals surface area contributed by atoms with Gasteiger partial charge in [0, 0.05) is 31.6 Å². The number of carboxylic acids is 1. The molecule has 4 aliphatic rings. The van der Waals surface area contributed by atoms with E-state index in [9.17, 15) is 19.2 Å². The Labute approximate surface area is 272 Å². The van der Waals surface area contributed by atoms with Gasteiger partial charge in [-0.2, -0.15) is 0 Å². The Morgan fingerprint density at radius 1 is 0.844 bits per heavy atom. The molecule has 0 amide bonds. The van der Waals surface area contributed by atoms with Crippen molar-refractivity contribution in [1.29, 1.82) is 0 Å². The summed E-state index contributed by atoms with van der Waals surface area (Å²) in [5.41, 5.74) is 1.55. The first-order valence-electron chi connectivity index (χ1n) is 18.5. The number of rotatable bonds is 17. The second kappa shape index (κ2) is 15.7. The van der Waals surface area contributed by atoms with Gasteiger partial charge in [-0.3, -0.25) is 19.2 Å². The maximum Gasteiger partial charge on any atom is 0.306 e. The van der Waals surface area contributed by atoms with Crippen molar-refractivity contribution >= 4 is 23.5 Å². The number of fused-ring (bicyclic) bond motifs is 5. The lowest BCUT2D eigenvalue weighted by Crippen LogP contribution is -2.53. The van der Waals surface area contributed by atoms with Crippen molar-refractivity contribution in [2.24, 2.45) is 46.3 Å². The largest absolute Gasteiger partial charge is 0.481 e. The monoisotopic (exact) mass is 626 g/mol. The highest BCUT2D eigenvalue weighted by Gasteiger charge is 2.61. The summed E-state index contributed by atoms with van der Waals surface area (Å²) >= 11 is 0. The zero-order chi connectivity index (χ0) is 32.8. The highest BCUT2D eigenvalue weighted by molar-refractivity contribution is 5.94. The molecule has 6 heteroatoms. The van der Waals surface area contributed by atoms with Crippen LogP contribution in [0.25, 0.3) is 0 Å². The molecule has 0 aromatic carbocycles. The molecule has 3 fully saturated rings. The van der Waals surface area contributed by atoms with Crippen LogP contribution >= 0.6 is 0 Å². The highest BCUT2D eigenvalue weighted by atomic mass is 16.5. The van der Waals surface area contributed by atoms with Gasteiger partial charge in [0.05, 0.1) is 6.42 Å². The molecule has 4 rings (SSSR count). The molecular formula is C39H62O6. The Kier molecular flexibility index (Phi) is 12.5. The number of ketones is 2. The number of hydrogen-bond acceptors (Lipinski definition) is 5. The first-order valence-corrected chi connectivity index (χ1v) is 18.5. The summed E-state index contributed by atoms with van der Waals surface area (Å²) in [4.78, 5) is 48.8. The van der Waals surface area contributed by atoms with Gasteiger partial charge in [0.15, 0.2) is 5.78 Å².